The second kappa shape index (κ2) is 11.5. The minimum atomic E-state index is -2.72. The minimum Gasteiger partial charge on any atom is -0.382 e. The standard InChI is InChI=1S/C37H38O13/c1-16-23(38)7-8-29(46-16)50-35(4)14-28(40)37(44)30-21(9-10-36(37,43)15-35)31(41)22-11-19(5-6-20(22)32(30)42)25-13-26-33(18(3)45-25)49-34-27(48-26)12-24(39)17(2)47-34/h5-11,16-18,25-27,29,33-34,43-44H,12-15H2,1-4H3. The molecule has 0 spiro atoms. The molecule has 12 atom stereocenters. The van der Waals surface area contributed by atoms with Gasteiger partial charge in [0.25, 0.3) is 0 Å². The van der Waals surface area contributed by atoms with Crippen LogP contribution >= 0.6 is 0 Å². The molecule has 1 aromatic rings. The number of hydrogen-bond acceptors (Lipinski definition) is 13. The van der Waals surface area contributed by atoms with Gasteiger partial charge in [-0.05, 0) is 63.6 Å². The van der Waals surface area contributed by atoms with Crippen molar-refractivity contribution in [2.75, 3.05) is 0 Å². The first-order valence-electron chi connectivity index (χ1n) is 17.0. The molecule has 3 aliphatic carbocycles. The van der Waals surface area contributed by atoms with E-state index in [0.717, 1.165) is 0 Å². The Morgan fingerprint density at radius 1 is 0.860 bits per heavy atom. The van der Waals surface area contributed by atoms with Crippen LogP contribution in [0, 0.1) is 0 Å². The van der Waals surface area contributed by atoms with Crippen LogP contribution in [0.1, 0.15) is 85.8 Å². The Morgan fingerprint density at radius 3 is 2.40 bits per heavy atom. The highest BCUT2D eigenvalue weighted by Crippen LogP contribution is 2.52. The third-order valence-corrected chi connectivity index (χ3v) is 11.1. The van der Waals surface area contributed by atoms with Crippen molar-refractivity contribution >= 4 is 28.9 Å². The monoisotopic (exact) mass is 690 g/mol. The Bertz CT molecular complexity index is 1830. The molecule has 0 bridgehead atoms. The first kappa shape index (κ1) is 33.6. The van der Waals surface area contributed by atoms with Crippen LogP contribution in [0.4, 0.5) is 0 Å². The lowest BCUT2D eigenvalue weighted by molar-refractivity contribution is -0.347. The van der Waals surface area contributed by atoms with Gasteiger partial charge in [-0.25, -0.2) is 0 Å². The lowest BCUT2D eigenvalue weighted by atomic mass is 9.57. The van der Waals surface area contributed by atoms with Crippen molar-refractivity contribution in [3.63, 3.8) is 0 Å². The zero-order valence-corrected chi connectivity index (χ0v) is 28.0. The van der Waals surface area contributed by atoms with E-state index in [0.29, 0.717) is 12.0 Å². The first-order chi connectivity index (χ1) is 23.6. The lowest BCUT2D eigenvalue weighted by Crippen LogP contribution is -2.69. The third-order valence-electron chi connectivity index (χ3n) is 11.1. The van der Waals surface area contributed by atoms with E-state index in [4.69, 9.17) is 28.4 Å². The van der Waals surface area contributed by atoms with Gasteiger partial charge in [0.1, 0.15) is 30.0 Å². The molecule has 8 rings (SSSR count). The van der Waals surface area contributed by atoms with Gasteiger partial charge in [0, 0.05) is 42.4 Å². The number of ketones is 5. The highest BCUT2D eigenvalue weighted by atomic mass is 16.7. The zero-order valence-electron chi connectivity index (χ0n) is 28.0. The molecule has 50 heavy (non-hydrogen) atoms. The summed E-state index contributed by atoms with van der Waals surface area (Å²) in [5.41, 5.74) is -6.35. The van der Waals surface area contributed by atoms with Crippen molar-refractivity contribution in [1.82, 2.24) is 0 Å². The molecule has 7 aliphatic rings. The zero-order chi connectivity index (χ0) is 35.5. The molecule has 4 heterocycles. The quantitative estimate of drug-likeness (QED) is 0.471. The fraction of sp³-hybridized carbons (Fsp3) is 0.541. The highest BCUT2D eigenvalue weighted by molar-refractivity contribution is 6.31. The van der Waals surface area contributed by atoms with Crippen LogP contribution in [0.15, 0.2) is 53.6 Å². The van der Waals surface area contributed by atoms with E-state index in [2.05, 4.69) is 0 Å². The normalized spacial score (nSPS) is 44.0. The summed E-state index contributed by atoms with van der Waals surface area (Å²) in [6.45, 7) is 6.68. The van der Waals surface area contributed by atoms with Crippen LogP contribution < -0.4 is 0 Å². The van der Waals surface area contributed by atoms with E-state index in [-0.39, 0.29) is 41.1 Å². The average molecular weight is 691 g/mol. The number of fused-ring (bicyclic) bond motifs is 5. The summed E-state index contributed by atoms with van der Waals surface area (Å²) < 4.78 is 36.2. The molecule has 3 saturated heterocycles. The van der Waals surface area contributed by atoms with Crippen molar-refractivity contribution in [3.8, 4) is 0 Å². The van der Waals surface area contributed by atoms with Gasteiger partial charge in [0.2, 0.25) is 0 Å². The predicted octanol–water partition coefficient (Wildman–Crippen LogP) is 2.11. The Labute approximate surface area is 287 Å². The summed E-state index contributed by atoms with van der Waals surface area (Å²) in [6, 6.07) is 4.70. The Kier molecular flexibility index (Phi) is 7.72. The topological polar surface area (TPSA) is 181 Å². The molecule has 4 fully saturated rings. The number of carbonyl (C=O) groups excluding carboxylic acids is 5. The average Bonchev–Trinajstić information content (AvgIpc) is 3.05. The number of benzene rings is 1. The van der Waals surface area contributed by atoms with Crippen LogP contribution in [0.3, 0.4) is 0 Å². The molecule has 0 radical (unpaired) electrons. The maximum absolute atomic E-state index is 14.1. The maximum Gasteiger partial charge on any atom is 0.194 e. The molecular weight excluding hydrogens is 652 g/mol. The highest BCUT2D eigenvalue weighted by Gasteiger charge is 2.67. The lowest BCUT2D eigenvalue weighted by Gasteiger charge is -2.53. The van der Waals surface area contributed by atoms with Gasteiger partial charge in [-0.1, -0.05) is 12.1 Å². The second-order valence-electron chi connectivity index (χ2n) is 14.7. The van der Waals surface area contributed by atoms with Gasteiger partial charge in [-0.3, -0.25) is 24.0 Å². The fourth-order valence-corrected chi connectivity index (χ4v) is 8.48. The van der Waals surface area contributed by atoms with Crippen molar-refractivity contribution in [2.24, 2.45) is 0 Å². The fourth-order valence-electron chi connectivity index (χ4n) is 8.48. The summed E-state index contributed by atoms with van der Waals surface area (Å²) in [6.07, 6.45) is -0.358. The Morgan fingerprint density at radius 2 is 1.64 bits per heavy atom. The minimum absolute atomic E-state index is 0.0193. The summed E-state index contributed by atoms with van der Waals surface area (Å²) in [7, 11) is 0. The van der Waals surface area contributed by atoms with Gasteiger partial charge in [-0.2, -0.15) is 0 Å². The van der Waals surface area contributed by atoms with Crippen LogP contribution in [0.25, 0.3) is 0 Å². The van der Waals surface area contributed by atoms with E-state index >= 15 is 0 Å². The summed E-state index contributed by atoms with van der Waals surface area (Å²) in [5.74, 6) is -2.54. The van der Waals surface area contributed by atoms with E-state index in [1.54, 1.807) is 32.9 Å². The SMILES string of the molecule is CC1OC(OC2(C)CC(=O)C3(O)C4=C(C=CC3(O)C2)C(=O)c2cc(C3CC5OC6CC(=O)C(C)OC6OC5C(C)O3)ccc2C4=O)C=CC1=O. The van der Waals surface area contributed by atoms with Crippen LogP contribution in [0.5, 0.6) is 0 Å². The molecule has 4 aliphatic heterocycles. The van der Waals surface area contributed by atoms with Crippen LogP contribution in [-0.2, 0) is 42.8 Å². The van der Waals surface area contributed by atoms with E-state index in [1.165, 1.54) is 30.4 Å². The molecule has 13 nitrogen and oxygen atoms in total. The Hall–Kier alpha value is -3.53. The molecule has 264 valence electrons. The van der Waals surface area contributed by atoms with Gasteiger partial charge in [0.15, 0.2) is 47.1 Å². The molecule has 13 heteroatoms. The molecule has 0 aromatic heterocycles. The van der Waals surface area contributed by atoms with E-state index < -0.39 is 101 Å². The second-order valence-corrected chi connectivity index (χ2v) is 14.7. The number of carbonyl (C=O) groups is 5. The van der Waals surface area contributed by atoms with Crippen LogP contribution in [0.2, 0.25) is 0 Å². The number of rotatable bonds is 3. The molecule has 0 amide bonds. The number of hydrogen-bond donors (Lipinski definition) is 2. The van der Waals surface area contributed by atoms with Gasteiger partial charge in [-0.15, -0.1) is 0 Å². The molecular formula is C37H38O13. The molecule has 2 N–H and O–H groups in total. The van der Waals surface area contributed by atoms with E-state index in [9.17, 15) is 34.2 Å². The molecule has 1 saturated carbocycles. The van der Waals surface area contributed by atoms with Crippen molar-refractivity contribution < 1.29 is 62.6 Å². The van der Waals surface area contributed by atoms with E-state index in [1.807, 2.05) is 6.92 Å². The Balaban J connectivity index is 1.05. The van der Waals surface area contributed by atoms with Crippen LogP contribution in [-0.4, -0.2) is 105 Å². The molecule has 1 aromatic carbocycles. The summed E-state index contributed by atoms with van der Waals surface area (Å²) in [4.78, 5) is 66.2. The number of aliphatic hydroxyl groups is 2. The van der Waals surface area contributed by atoms with Crippen molar-refractivity contribution in [1.29, 1.82) is 0 Å². The van der Waals surface area contributed by atoms with Gasteiger partial charge in [0.05, 0.1) is 29.5 Å². The largest absolute Gasteiger partial charge is 0.382 e. The number of Topliss-reactive ketones (excluding diaryl/α,β-unsaturated/α-hetero) is 4. The first-order valence-corrected chi connectivity index (χ1v) is 17.0. The summed E-state index contributed by atoms with van der Waals surface area (Å²) >= 11 is 0. The smallest absolute Gasteiger partial charge is 0.194 e. The summed E-state index contributed by atoms with van der Waals surface area (Å²) in [5, 5.41) is 23.9. The van der Waals surface area contributed by atoms with Gasteiger partial charge >= 0.3 is 0 Å². The molecule has 12 unspecified atom stereocenters. The number of allylic oxidation sites excluding steroid dienone is 2. The third kappa shape index (κ3) is 5.01. The van der Waals surface area contributed by atoms with Crippen molar-refractivity contribution in [3.05, 3.63) is 70.3 Å². The maximum atomic E-state index is 14.1. The number of ether oxygens (including phenoxy) is 6. The predicted molar refractivity (Wildman–Crippen MR) is 169 cm³/mol. The van der Waals surface area contributed by atoms with Gasteiger partial charge < -0.3 is 38.6 Å². The van der Waals surface area contributed by atoms with Crippen molar-refractivity contribution in [2.45, 2.75) is 125 Å².